The van der Waals surface area contributed by atoms with E-state index in [4.69, 9.17) is 4.74 Å². The van der Waals surface area contributed by atoms with Crippen molar-refractivity contribution in [3.05, 3.63) is 69.2 Å². The van der Waals surface area contributed by atoms with Gasteiger partial charge in [0.1, 0.15) is 5.75 Å². The molecule has 10 heteroatoms. The van der Waals surface area contributed by atoms with Crippen molar-refractivity contribution in [1.29, 1.82) is 0 Å². The molecule has 0 amide bonds. The van der Waals surface area contributed by atoms with Gasteiger partial charge in [-0.2, -0.15) is 4.39 Å². The van der Waals surface area contributed by atoms with Crippen LogP contribution in [0.5, 0.6) is 5.75 Å². The number of ether oxygens (including phenoxy) is 1. The average molecular weight is 458 g/mol. The predicted octanol–water partition coefficient (Wildman–Crippen LogP) is 5.19. The van der Waals surface area contributed by atoms with Gasteiger partial charge in [0.05, 0.1) is 27.9 Å². The Morgan fingerprint density at radius 3 is 2.86 bits per heavy atom. The molecule has 0 aliphatic heterocycles. The summed E-state index contributed by atoms with van der Waals surface area (Å²) in [6, 6.07) is 9.77. The molecule has 29 heavy (non-hydrogen) atoms. The van der Waals surface area contributed by atoms with E-state index in [-0.39, 0.29) is 17.4 Å². The van der Waals surface area contributed by atoms with E-state index in [1.54, 1.807) is 6.20 Å². The van der Waals surface area contributed by atoms with Gasteiger partial charge < -0.3 is 15.0 Å². The summed E-state index contributed by atoms with van der Waals surface area (Å²) in [6.07, 6.45) is 3.40. The van der Waals surface area contributed by atoms with Gasteiger partial charge in [-0.3, -0.25) is 10.1 Å². The molecule has 0 aliphatic carbocycles. The Kier molecular flexibility index (Phi) is 4.85. The second-order valence-corrected chi connectivity index (χ2v) is 6.88. The fourth-order valence-corrected chi connectivity index (χ4v) is 3.36. The van der Waals surface area contributed by atoms with Crippen LogP contribution in [0, 0.1) is 15.9 Å². The zero-order chi connectivity index (χ0) is 20.5. The third kappa shape index (κ3) is 3.49. The van der Waals surface area contributed by atoms with E-state index in [0.29, 0.717) is 10.2 Å². The molecule has 2 aromatic heterocycles. The normalized spacial score (nSPS) is 10.9. The van der Waals surface area contributed by atoms with Crippen molar-refractivity contribution < 1.29 is 14.1 Å². The largest absolute Gasteiger partial charge is 0.494 e. The topological polar surface area (TPSA) is 106 Å². The summed E-state index contributed by atoms with van der Waals surface area (Å²) in [7, 11) is 1.34. The lowest BCUT2D eigenvalue weighted by molar-refractivity contribution is -0.387. The summed E-state index contributed by atoms with van der Waals surface area (Å²) in [5.41, 5.74) is 1.93. The number of fused-ring (bicyclic) bond motifs is 1. The van der Waals surface area contributed by atoms with Crippen molar-refractivity contribution in [3.63, 3.8) is 0 Å². The minimum Gasteiger partial charge on any atom is -0.494 e. The van der Waals surface area contributed by atoms with Crippen LogP contribution in [0.25, 0.3) is 22.2 Å². The Labute approximate surface area is 172 Å². The van der Waals surface area contributed by atoms with Crippen LogP contribution in [0.1, 0.15) is 0 Å². The van der Waals surface area contributed by atoms with Gasteiger partial charge in [0.25, 0.3) is 0 Å². The number of nitrogens with one attached hydrogen (secondary N) is 2. The van der Waals surface area contributed by atoms with Crippen LogP contribution in [0.4, 0.5) is 21.7 Å². The molecule has 2 N–H and O–H groups in total. The fraction of sp³-hybridized carbons (Fsp3) is 0.0526. The van der Waals surface area contributed by atoms with Gasteiger partial charge in [0.15, 0.2) is 0 Å². The van der Waals surface area contributed by atoms with Crippen LogP contribution in [0.3, 0.4) is 0 Å². The first-order chi connectivity index (χ1) is 14.0. The van der Waals surface area contributed by atoms with E-state index < -0.39 is 16.4 Å². The number of nitrogens with zero attached hydrogens (tertiary/aromatic N) is 3. The Morgan fingerprint density at radius 2 is 2.10 bits per heavy atom. The van der Waals surface area contributed by atoms with Gasteiger partial charge in [-0.05, 0) is 22.0 Å². The minimum absolute atomic E-state index is 0.0910. The smallest absolute Gasteiger partial charge is 0.307 e. The Morgan fingerprint density at radius 1 is 1.31 bits per heavy atom. The van der Waals surface area contributed by atoms with Gasteiger partial charge >= 0.3 is 5.69 Å². The lowest BCUT2D eigenvalue weighted by atomic mass is 10.1. The molecule has 0 fully saturated rings. The van der Waals surface area contributed by atoms with E-state index >= 15 is 0 Å². The first-order valence-corrected chi connectivity index (χ1v) is 9.15. The monoisotopic (exact) mass is 457 g/mol. The summed E-state index contributed by atoms with van der Waals surface area (Å²) in [4.78, 5) is 22.2. The molecular weight excluding hydrogens is 445 g/mol. The van der Waals surface area contributed by atoms with Crippen LogP contribution < -0.4 is 10.1 Å². The fourth-order valence-electron chi connectivity index (χ4n) is 2.95. The maximum atomic E-state index is 13.9. The highest BCUT2D eigenvalue weighted by atomic mass is 79.9. The van der Waals surface area contributed by atoms with E-state index in [9.17, 15) is 14.5 Å². The maximum Gasteiger partial charge on any atom is 0.307 e. The number of nitro benzene ring substituents is 1. The van der Waals surface area contributed by atoms with Gasteiger partial charge in [0, 0.05) is 41.0 Å². The molecule has 2 heterocycles. The van der Waals surface area contributed by atoms with Crippen LogP contribution in [0.15, 0.2) is 53.3 Å². The molecule has 2 aromatic carbocycles. The minimum atomic E-state index is -0.992. The summed E-state index contributed by atoms with van der Waals surface area (Å²) < 4.78 is 19.7. The van der Waals surface area contributed by atoms with Crippen molar-refractivity contribution in [2.75, 3.05) is 12.4 Å². The lowest BCUT2D eigenvalue weighted by Crippen LogP contribution is -2.03. The van der Waals surface area contributed by atoms with Crippen LogP contribution >= 0.6 is 15.9 Å². The second kappa shape index (κ2) is 7.47. The molecule has 0 bridgehead atoms. The summed E-state index contributed by atoms with van der Waals surface area (Å²) in [5, 5.41) is 14.9. The van der Waals surface area contributed by atoms with Gasteiger partial charge in [-0.25, -0.2) is 9.97 Å². The van der Waals surface area contributed by atoms with E-state index in [1.807, 2.05) is 30.5 Å². The number of para-hydroxylation sites is 1. The number of aromatic amines is 1. The van der Waals surface area contributed by atoms with Crippen molar-refractivity contribution in [3.8, 4) is 17.0 Å². The number of hydrogen-bond donors (Lipinski definition) is 2. The first kappa shape index (κ1) is 18.8. The van der Waals surface area contributed by atoms with Crippen LogP contribution in [-0.4, -0.2) is 27.0 Å². The Balaban J connectivity index is 1.77. The zero-order valence-electron chi connectivity index (χ0n) is 14.9. The van der Waals surface area contributed by atoms with Crippen LogP contribution in [0.2, 0.25) is 0 Å². The number of H-pyrrole nitrogens is 1. The number of benzene rings is 2. The lowest BCUT2D eigenvalue weighted by Gasteiger charge is -2.11. The highest BCUT2D eigenvalue weighted by Crippen LogP contribution is 2.35. The van der Waals surface area contributed by atoms with Gasteiger partial charge in [-0.1, -0.05) is 18.2 Å². The number of hydrogen-bond acceptors (Lipinski definition) is 6. The maximum absolute atomic E-state index is 13.9. The molecule has 4 rings (SSSR count). The third-order valence-corrected chi connectivity index (χ3v) is 4.88. The number of halogens is 2. The average Bonchev–Trinajstić information content (AvgIpc) is 3.14. The summed E-state index contributed by atoms with van der Waals surface area (Å²) in [6.45, 7) is 0. The van der Waals surface area contributed by atoms with Crippen molar-refractivity contribution in [1.82, 2.24) is 15.0 Å². The van der Waals surface area contributed by atoms with Crippen molar-refractivity contribution in [2.24, 2.45) is 0 Å². The highest BCUT2D eigenvalue weighted by molar-refractivity contribution is 9.10. The SMILES string of the molecule is COc1cc(F)c([N+](=O)[O-])cc1Nc1ncc(Br)c(-c2c[nH]c3ccccc23)n1. The van der Waals surface area contributed by atoms with Crippen molar-refractivity contribution in [2.45, 2.75) is 0 Å². The van der Waals surface area contributed by atoms with Crippen molar-refractivity contribution >= 4 is 44.2 Å². The van der Waals surface area contributed by atoms with E-state index in [2.05, 4.69) is 36.2 Å². The third-order valence-electron chi connectivity index (χ3n) is 4.30. The molecule has 0 saturated heterocycles. The molecular formula is C19H13BrFN5O3. The van der Waals surface area contributed by atoms with Gasteiger partial charge in [0.2, 0.25) is 11.8 Å². The molecule has 146 valence electrons. The quantitative estimate of drug-likeness (QED) is 0.315. The summed E-state index contributed by atoms with van der Waals surface area (Å²) in [5.74, 6) is -0.727. The van der Waals surface area contributed by atoms with Gasteiger partial charge in [-0.15, -0.1) is 0 Å². The van der Waals surface area contributed by atoms with E-state index in [1.165, 1.54) is 7.11 Å². The molecule has 0 radical (unpaired) electrons. The molecule has 0 aliphatic rings. The zero-order valence-corrected chi connectivity index (χ0v) is 16.5. The second-order valence-electron chi connectivity index (χ2n) is 6.02. The van der Waals surface area contributed by atoms with E-state index in [0.717, 1.165) is 28.6 Å². The molecule has 0 atom stereocenters. The number of aromatic nitrogens is 3. The molecule has 0 spiro atoms. The Hall–Kier alpha value is -3.53. The number of nitro groups is 1. The first-order valence-electron chi connectivity index (χ1n) is 8.36. The molecule has 0 saturated carbocycles. The standard InChI is InChI=1S/C19H13BrFN5O3/c1-29-17-6-13(21)16(26(27)28)7-15(17)24-19-23-9-12(20)18(25-19)11-8-22-14-5-3-2-4-10(11)14/h2-9,22H,1H3,(H,23,24,25). The number of rotatable bonds is 5. The molecule has 8 nitrogen and oxygen atoms in total. The highest BCUT2D eigenvalue weighted by Gasteiger charge is 2.20. The van der Waals surface area contributed by atoms with Crippen LogP contribution in [-0.2, 0) is 0 Å². The number of methoxy groups -OCH3 is 1. The Bertz CT molecular complexity index is 1240. The summed E-state index contributed by atoms with van der Waals surface area (Å²) >= 11 is 3.46. The predicted molar refractivity (Wildman–Crippen MR) is 110 cm³/mol. The molecule has 0 unspecified atom stereocenters. The number of anilines is 2. The molecule has 4 aromatic rings.